The predicted octanol–water partition coefficient (Wildman–Crippen LogP) is 1.71. The lowest BCUT2D eigenvalue weighted by atomic mass is 10.2. The fourth-order valence-corrected chi connectivity index (χ4v) is 2.48. The highest BCUT2D eigenvalue weighted by atomic mass is 16.6. The number of rotatable bonds is 8. The van der Waals surface area contributed by atoms with E-state index in [0.717, 1.165) is 6.07 Å². The molecule has 31 heavy (non-hydrogen) atoms. The highest BCUT2D eigenvalue weighted by molar-refractivity contribution is 5.95. The van der Waals surface area contributed by atoms with Crippen LogP contribution in [0.3, 0.4) is 0 Å². The minimum atomic E-state index is -0.700. The van der Waals surface area contributed by atoms with Gasteiger partial charge in [0, 0.05) is 48.5 Å². The number of nitrogens with zero attached hydrogens (tertiary/aromatic N) is 4. The van der Waals surface area contributed by atoms with E-state index in [1.807, 2.05) is 0 Å². The highest BCUT2D eigenvalue weighted by Crippen LogP contribution is 2.21. The number of nitrogens with one attached hydrogen (secondary N) is 2. The summed E-state index contributed by atoms with van der Waals surface area (Å²) in [5.41, 5.74) is 0.0462. The molecule has 2 N–H and O–H groups in total. The molecule has 0 aliphatic heterocycles. The summed E-state index contributed by atoms with van der Waals surface area (Å²) in [7, 11) is 0. The Kier molecular flexibility index (Phi) is 6.25. The lowest BCUT2D eigenvalue weighted by molar-refractivity contribution is -0.385. The Hall–Kier alpha value is -4.68. The predicted molar refractivity (Wildman–Crippen MR) is 104 cm³/mol. The normalized spacial score (nSPS) is 10.3. The van der Waals surface area contributed by atoms with Gasteiger partial charge in [-0.1, -0.05) is 23.4 Å². The number of aromatic nitrogens is 2. The Morgan fingerprint density at radius 1 is 0.903 bits per heavy atom. The molecule has 13 nitrogen and oxygen atoms in total. The minimum Gasteiger partial charge on any atom is -0.350 e. The van der Waals surface area contributed by atoms with Gasteiger partial charge in [-0.15, -0.1) is 0 Å². The first-order valence-electron chi connectivity index (χ1n) is 8.74. The van der Waals surface area contributed by atoms with Gasteiger partial charge in [0.15, 0.2) is 0 Å². The molecule has 2 amide bonds. The molecule has 0 atom stereocenters. The molecule has 158 valence electrons. The summed E-state index contributed by atoms with van der Waals surface area (Å²) >= 11 is 0. The zero-order chi connectivity index (χ0) is 22.4. The van der Waals surface area contributed by atoms with Gasteiger partial charge in [-0.05, 0) is 6.07 Å². The third-order valence-electron chi connectivity index (χ3n) is 3.95. The number of hydrogen-bond acceptors (Lipinski definition) is 9. The van der Waals surface area contributed by atoms with Gasteiger partial charge in [0.05, 0.1) is 9.85 Å². The van der Waals surface area contributed by atoms with Gasteiger partial charge >= 0.3 is 11.8 Å². The highest BCUT2D eigenvalue weighted by Gasteiger charge is 2.17. The third kappa shape index (κ3) is 5.23. The van der Waals surface area contributed by atoms with Crippen LogP contribution >= 0.6 is 0 Å². The zero-order valence-electron chi connectivity index (χ0n) is 15.7. The summed E-state index contributed by atoms with van der Waals surface area (Å²) < 4.78 is 4.87. The summed E-state index contributed by atoms with van der Waals surface area (Å²) in [4.78, 5) is 48.5. The molecular weight excluding hydrogens is 412 g/mol. The number of hydrogen-bond donors (Lipinski definition) is 2. The lowest BCUT2D eigenvalue weighted by Gasteiger charge is -2.05. The number of carbonyl (C=O) groups excluding carboxylic acids is 2. The summed E-state index contributed by atoms with van der Waals surface area (Å²) in [5, 5.41) is 30.2. The van der Waals surface area contributed by atoms with Gasteiger partial charge < -0.3 is 15.2 Å². The second-order valence-electron chi connectivity index (χ2n) is 6.05. The minimum absolute atomic E-state index is 0.00725. The smallest absolute Gasteiger partial charge is 0.316 e. The van der Waals surface area contributed by atoms with Crippen molar-refractivity contribution in [1.82, 2.24) is 20.8 Å². The second kappa shape index (κ2) is 9.21. The van der Waals surface area contributed by atoms with Crippen molar-refractivity contribution in [3.05, 3.63) is 80.2 Å². The molecule has 0 radical (unpaired) electrons. The first kappa shape index (κ1) is 21.0. The maximum Gasteiger partial charge on any atom is 0.316 e. The molecule has 0 spiro atoms. The summed E-state index contributed by atoms with van der Waals surface area (Å²) in [6.45, 7) is 0.0627. The van der Waals surface area contributed by atoms with Crippen LogP contribution in [-0.2, 0) is 0 Å². The molecule has 13 heteroatoms. The van der Waals surface area contributed by atoms with Crippen LogP contribution in [0, 0.1) is 20.2 Å². The molecule has 2 aromatic carbocycles. The zero-order valence-corrected chi connectivity index (χ0v) is 15.7. The van der Waals surface area contributed by atoms with Crippen LogP contribution in [0.2, 0.25) is 0 Å². The number of non-ortho nitro benzene ring substituents is 2. The monoisotopic (exact) mass is 426 g/mol. The van der Waals surface area contributed by atoms with Crippen LogP contribution in [0.4, 0.5) is 11.4 Å². The van der Waals surface area contributed by atoms with Gasteiger partial charge in [0.25, 0.3) is 17.3 Å². The molecule has 0 aliphatic carbocycles. The van der Waals surface area contributed by atoms with Gasteiger partial charge in [0.2, 0.25) is 5.82 Å². The Morgan fingerprint density at radius 2 is 1.52 bits per heavy atom. The molecule has 3 rings (SSSR count). The Labute approximate surface area is 173 Å². The van der Waals surface area contributed by atoms with Crippen LogP contribution < -0.4 is 10.6 Å². The maximum atomic E-state index is 12.1. The van der Waals surface area contributed by atoms with Crippen LogP contribution in [0.5, 0.6) is 0 Å². The van der Waals surface area contributed by atoms with E-state index < -0.39 is 21.7 Å². The Morgan fingerprint density at radius 3 is 2.19 bits per heavy atom. The van der Waals surface area contributed by atoms with Crippen molar-refractivity contribution in [3.8, 4) is 11.4 Å². The van der Waals surface area contributed by atoms with Crippen molar-refractivity contribution >= 4 is 23.2 Å². The molecule has 3 aromatic rings. The Balaban J connectivity index is 1.52. The molecular formula is C18H14N6O7. The number of carbonyl (C=O) groups is 2. The van der Waals surface area contributed by atoms with Crippen molar-refractivity contribution in [2.75, 3.05) is 13.1 Å². The average Bonchev–Trinajstić information content (AvgIpc) is 3.27. The first-order valence-corrected chi connectivity index (χ1v) is 8.74. The van der Waals surface area contributed by atoms with Crippen LogP contribution in [0.15, 0.2) is 53.1 Å². The van der Waals surface area contributed by atoms with E-state index in [9.17, 15) is 29.8 Å². The fraction of sp³-hybridized carbons (Fsp3) is 0.111. The van der Waals surface area contributed by atoms with Gasteiger partial charge in [-0.25, -0.2) is 0 Å². The van der Waals surface area contributed by atoms with E-state index in [0.29, 0.717) is 5.56 Å². The number of nitro groups is 2. The van der Waals surface area contributed by atoms with Crippen molar-refractivity contribution in [2.24, 2.45) is 0 Å². The van der Waals surface area contributed by atoms with E-state index in [-0.39, 0.29) is 41.7 Å². The second-order valence-corrected chi connectivity index (χ2v) is 6.05. The van der Waals surface area contributed by atoms with E-state index in [4.69, 9.17) is 4.52 Å². The van der Waals surface area contributed by atoms with E-state index >= 15 is 0 Å². The maximum absolute atomic E-state index is 12.1. The van der Waals surface area contributed by atoms with Gasteiger partial charge in [-0.2, -0.15) is 4.98 Å². The molecule has 1 aromatic heterocycles. The van der Waals surface area contributed by atoms with Crippen molar-refractivity contribution in [3.63, 3.8) is 0 Å². The first-order chi connectivity index (χ1) is 14.8. The molecule has 1 heterocycles. The molecule has 0 unspecified atom stereocenters. The van der Waals surface area contributed by atoms with Crippen LogP contribution in [0.25, 0.3) is 11.4 Å². The number of benzene rings is 2. The van der Waals surface area contributed by atoms with Gasteiger partial charge in [-0.3, -0.25) is 29.8 Å². The van der Waals surface area contributed by atoms with Crippen molar-refractivity contribution in [1.29, 1.82) is 0 Å². The van der Waals surface area contributed by atoms with Gasteiger partial charge in [0.1, 0.15) is 0 Å². The van der Waals surface area contributed by atoms with E-state index in [1.165, 1.54) is 42.5 Å². The van der Waals surface area contributed by atoms with Crippen molar-refractivity contribution < 1.29 is 24.0 Å². The quantitative estimate of drug-likeness (QED) is 0.307. The number of amides is 2. The molecule has 0 bridgehead atoms. The van der Waals surface area contributed by atoms with E-state index in [2.05, 4.69) is 20.8 Å². The Bertz CT molecular complexity index is 1160. The number of nitro benzene ring substituents is 2. The van der Waals surface area contributed by atoms with Crippen LogP contribution in [-0.4, -0.2) is 44.9 Å². The largest absolute Gasteiger partial charge is 0.350 e. The SMILES string of the molecule is O=C(NCCNC(=O)c1nc(-c2cccc([N+](=O)[O-])c2)no1)c1cccc([N+](=O)[O-])c1. The van der Waals surface area contributed by atoms with E-state index in [1.54, 1.807) is 0 Å². The summed E-state index contributed by atoms with van der Waals surface area (Å²) in [6.07, 6.45) is 0. The summed E-state index contributed by atoms with van der Waals surface area (Å²) in [5.74, 6) is -1.59. The fourth-order valence-electron chi connectivity index (χ4n) is 2.48. The standard InChI is InChI=1S/C18H14N6O7/c25-16(12-4-2-6-14(10-12)24(29)30)19-7-8-20-17(26)18-21-15(22-31-18)11-3-1-5-13(9-11)23(27)28/h1-6,9-10H,7-8H2,(H,19,25)(H,20,26). The van der Waals surface area contributed by atoms with Crippen molar-refractivity contribution in [2.45, 2.75) is 0 Å². The topological polar surface area (TPSA) is 183 Å². The lowest BCUT2D eigenvalue weighted by Crippen LogP contribution is -2.34. The molecule has 0 aliphatic rings. The average molecular weight is 426 g/mol. The molecule has 0 saturated carbocycles. The summed E-state index contributed by atoms with van der Waals surface area (Å²) in [6, 6.07) is 10.8. The molecule has 0 fully saturated rings. The van der Waals surface area contributed by atoms with Crippen LogP contribution in [0.1, 0.15) is 21.0 Å². The molecule has 0 saturated heterocycles. The third-order valence-corrected chi connectivity index (χ3v) is 3.95.